The van der Waals surface area contributed by atoms with Crippen molar-refractivity contribution in [2.24, 2.45) is 0 Å². The van der Waals surface area contributed by atoms with Crippen LogP contribution in [0.15, 0.2) is 42.5 Å². The first-order valence-electron chi connectivity index (χ1n) is 6.57. The van der Waals surface area contributed by atoms with E-state index < -0.39 is 11.9 Å². The van der Waals surface area contributed by atoms with Crippen LogP contribution in [0, 0.1) is 5.82 Å². The smallest absolute Gasteiger partial charge is 0.265 e. The zero-order valence-corrected chi connectivity index (χ0v) is 12.9. The van der Waals surface area contributed by atoms with Crippen molar-refractivity contribution in [3.63, 3.8) is 0 Å². The predicted octanol–water partition coefficient (Wildman–Crippen LogP) is 3.89. The van der Waals surface area contributed by atoms with E-state index in [0.29, 0.717) is 11.4 Å². The Morgan fingerprint density at radius 1 is 1.23 bits per heavy atom. The lowest BCUT2D eigenvalue weighted by atomic mass is 10.2. The van der Waals surface area contributed by atoms with Gasteiger partial charge < -0.3 is 14.8 Å². The second-order valence-electron chi connectivity index (χ2n) is 4.52. The fraction of sp³-hybridized carbons (Fsp3) is 0.188. The minimum Gasteiger partial charge on any atom is -0.495 e. The van der Waals surface area contributed by atoms with Crippen LogP contribution in [0.25, 0.3) is 0 Å². The molecule has 1 atom stereocenters. The maximum atomic E-state index is 13.0. The van der Waals surface area contributed by atoms with Crippen molar-refractivity contribution >= 4 is 23.2 Å². The molecule has 0 aromatic heterocycles. The third-order valence-electron chi connectivity index (χ3n) is 2.93. The standard InChI is InChI=1S/C16H15ClFNO3/c1-10(22-14-8-7-11(18)9-12(14)17)16(20)19-13-5-3-4-6-15(13)21-2/h3-10H,1-2H3,(H,19,20). The van der Waals surface area contributed by atoms with Gasteiger partial charge in [-0.25, -0.2) is 4.39 Å². The first-order chi connectivity index (χ1) is 10.5. The van der Waals surface area contributed by atoms with Gasteiger partial charge in [0, 0.05) is 0 Å². The summed E-state index contributed by atoms with van der Waals surface area (Å²) in [6, 6.07) is 10.7. The summed E-state index contributed by atoms with van der Waals surface area (Å²) in [5.41, 5.74) is 0.538. The molecular formula is C16H15ClFNO3. The number of ether oxygens (including phenoxy) is 2. The van der Waals surface area contributed by atoms with Gasteiger partial charge in [-0.3, -0.25) is 4.79 Å². The fourth-order valence-corrected chi connectivity index (χ4v) is 2.01. The Labute approximate surface area is 132 Å². The SMILES string of the molecule is COc1ccccc1NC(=O)C(C)Oc1ccc(F)cc1Cl. The largest absolute Gasteiger partial charge is 0.495 e. The molecule has 2 rings (SSSR count). The number of benzene rings is 2. The summed E-state index contributed by atoms with van der Waals surface area (Å²) < 4.78 is 23.6. The lowest BCUT2D eigenvalue weighted by Crippen LogP contribution is -2.30. The molecule has 0 radical (unpaired) electrons. The Kier molecular flexibility index (Phi) is 5.22. The highest BCUT2D eigenvalue weighted by Gasteiger charge is 2.17. The van der Waals surface area contributed by atoms with E-state index in [4.69, 9.17) is 21.1 Å². The Bertz CT molecular complexity index is 678. The molecule has 0 bridgehead atoms. The van der Waals surface area contributed by atoms with Gasteiger partial charge in [0.05, 0.1) is 17.8 Å². The average Bonchev–Trinajstić information content (AvgIpc) is 2.50. The third kappa shape index (κ3) is 3.89. The van der Waals surface area contributed by atoms with Crippen LogP contribution < -0.4 is 14.8 Å². The van der Waals surface area contributed by atoms with Crippen LogP contribution in [0.3, 0.4) is 0 Å². The number of halogens is 2. The van der Waals surface area contributed by atoms with Crippen LogP contribution in [0.4, 0.5) is 10.1 Å². The normalized spacial score (nSPS) is 11.6. The van der Waals surface area contributed by atoms with E-state index in [1.165, 1.54) is 19.2 Å². The maximum absolute atomic E-state index is 13.0. The first kappa shape index (κ1) is 16.1. The number of amides is 1. The van der Waals surface area contributed by atoms with Gasteiger partial charge in [-0.15, -0.1) is 0 Å². The summed E-state index contributed by atoms with van der Waals surface area (Å²) in [6.07, 6.45) is -0.812. The Balaban J connectivity index is 2.06. The molecular weight excluding hydrogens is 309 g/mol. The molecule has 0 aliphatic heterocycles. The van der Waals surface area contributed by atoms with Crippen LogP contribution in [-0.2, 0) is 4.79 Å². The molecule has 0 aliphatic carbocycles. The highest BCUT2D eigenvalue weighted by atomic mass is 35.5. The molecule has 2 aromatic rings. The Hall–Kier alpha value is -2.27. The molecule has 1 amide bonds. The van der Waals surface area contributed by atoms with Crippen LogP contribution in [0.5, 0.6) is 11.5 Å². The number of methoxy groups -OCH3 is 1. The van der Waals surface area contributed by atoms with Crippen LogP contribution in [-0.4, -0.2) is 19.1 Å². The third-order valence-corrected chi connectivity index (χ3v) is 3.23. The molecule has 2 aromatic carbocycles. The number of hydrogen-bond donors (Lipinski definition) is 1. The lowest BCUT2D eigenvalue weighted by Gasteiger charge is -2.16. The van der Waals surface area contributed by atoms with Gasteiger partial charge in [0.2, 0.25) is 0 Å². The van der Waals surface area contributed by atoms with E-state index in [-0.39, 0.29) is 16.7 Å². The highest BCUT2D eigenvalue weighted by Crippen LogP contribution is 2.27. The van der Waals surface area contributed by atoms with Gasteiger partial charge in [0.15, 0.2) is 6.10 Å². The molecule has 0 aliphatic rings. The highest BCUT2D eigenvalue weighted by molar-refractivity contribution is 6.32. The van der Waals surface area contributed by atoms with Crippen LogP contribution >= 0.6 is 11.6 Å². The van der Waals surface area contributed by atoms with Gasteiger partial charge in [-0.05, 0) is 37.3 Å². The lowest BCUT2D eigenvalue weighted by molar-refractivity contribution is -0.122. The molecule has 1 N–H and O–H groups in total. The predicted molar refractivity (Wildman–Crippen MR) is 83.1 cm³/mol. The van der Waals surface area contributed by atoms with Gasteiger partial charge in [0.25, 0.3) is 5.91 Å². The minimum atomic E-state index is -0.812. The van der Waals surface area contributed by atoms with Crippen molar-refractivity contribution < 1.29 is 18.7 Å². The van der Waals surface area contributed by atoms with Gasteiger partial charge in [-0.1, -0.05) is 23.7 Å². The fourth-order valence-electron chi connectivity index (χ4n) is 1.80. The van der Waals surface area contributed by atoms with Crippen molar-refractivity contribution in [1.29, 1.82) is 0 Å². The van der Waals surface area contributed by atoms with E-state index in [2.05, 4.69) is 5.32 Å². The first-order valence-corrected chi connectivity index (χ1v) is 6.94. The number of para-hydroxylation sites is 2. The quantitative estimate of drug-likeness (QED) is 0.908. The van der Waals surface area contributed by atoms with E-state index >= 15 is 0 Å². The second kappa shape index (κ2) is 7.13. The zero-order valence-electron chi connectivity index (χ0n) is 12.1. The Morgan fingerprint density at radius 3 is 2.64 bits per heavy atom. The molecule has 0 saturated carbocycles. The number of anilines is 1. The van der Waals surface area contributed by atoms with E-state index in [1.807, 2.05) is 0 Å². The van der Waals surface area contributed by atoms with E-state index in [1.54, 1.807) is 31.2 Å². The maximum Gasteiger partial charge on any atom is 0.265 e. The molecule has 6 heteroatoms. The minimum absolute atomic E-state index is 0.108. The summed E-state index contributed by atoms with van der Waals surface area (Å²) >= 11 is 5.87. The van der Waals surface area contributed by atoms with Gasteiger partial charge in [-0.2, -0.15) is 0 Å². The molecule has 0 heterocycles. The van der Waals surface area contributed by atoms with Crippen LogP contribution in [0.1, 0.15) is 6.92 Å². The van der Waals surface area contributed by atoms with Gasteiger partial charge >= 0.3 is 0 Å². The average molecular weight is 324 g/mol. The monoisotopic (exact) mass is 323 g/mol. The van der Waals surface area contributed by atoms with Crippen molar-refractivity contribution in [3.05, 3.63) is 53.3 Å². The van der Waals surface area contributed by atoms with Crippen molar-refractivity contribution in [2.75, 3.05) is 12.4 Å². The van der Waals surface area contributed by atoms with Gasteiger partial charge in [0.1, 0.15) is 17.3 Å². The summed E-state index contributed by atoms with van der Waals surface area (Å²) in [5.74, 6) is -0.0537. The summed E-state index contributed by atoms with van der Waals surface area (Å²) in [7, 11) is 1.52. The molecule has 0 saturated heterocycles. The molecule has 116 valence electrons. The Morgan fingerprint density at radius 2 is 1.95 bits per heavy atom. The number of carbonyl (C=O) groups is 1. The molecule has 0 spiro atoms. The molecule has 0 fully saturated rings. The van der Waals surface area contributed by atoms with E-state index in [0.717, 1.165) is 6.07 Å². The number of nitrogens with one attached hydrogen (secondary N) is 1. The summed E-state index contributed by atoms with van der Waals surface area (Å²) in [4.78, 5) is 12.2. The number of hydrogen-bond acceptors (Lipinski definition) is 3. The van der Waals surface area contributed by atoms with Crippen molar-refractivity contribution in [1.82, 2.24) is 0 Å². The summed E-state index contributed by atoms with van der Waals surface area (Å²) in [6.45, 7) is 1.57. The van der Waals surface area contributed by atoms with Crippen molar-refractivity contribution in [2.45, 2.75) is 13.0 Å². The van der Waals surface area contributed by atoms with E-state index in [9.17, 15) is 9.18 Å². The molecule has 22 heavy (non-hydrogen) atoms. The molecule has 1 unspecified atom stereocenters. The number of rotatable bonds is 5. The van der Waals surface area contributed by atoms with Crippen LogP contribution in [0.2, 0.25) is 5.02 Å². The van der Waals surface area contributed by atoms with Crippen molar-refractivity contribution in [3.8, 4) is 11.5 Å². The topological polar surface area (TPSA) is 47.6 Å². The molecule has 4 nitrogen and oxygen atoms in total. The number of carbonyl (C=O) groups excluding carboxylic acids is 1. The summed E-state index contributed by atoms with van der Waals surface area (Å²) in [5, 5.41) is 2.81. The second-order valence-corrected chi connectivity index (χ2v) is 4.93. The zero-order chi connectivity index (χ0) is 16.1.